The molecule has 190 valence electrons. The predicted molar refractivity (Wildman–Crippen MR) is 131 cm³/mol. The third kappa shape index (κ3) is 4.09. The SMILES string of the molecule is Cc1nc(N[C@H](C)c2cccc(C#N)c2F)c2c(n1)C1(CCN(C)C1)C(=O)N(c1ccc(F)cc1F)C2. The molecule has 0 aliphatic carbocycles. The van der Waals surface area contributed by atoms with Gasteiger partial charge in [0.15, 0.2) is 0 Å². The van der Waals surface area contributed by atoms with Crippen molar-refractivity contribution in [2.45, 2.75) is 38.3 Å². The predicted octanol–water partition coefficient (Wildman–Crippen LogP) is 4.37. The number of nitrogens with one attached hydrogen (secondary N) is 1. The standard InChI is InChI=1S/C27H25F3N6O/c1-15(19-6-4-5-17(12-31)23(19)30)32-25-20-13-36(22-8-7-18(28)11-21(22)29)26(37)27(9-10-35(3)14-27)24(20)33-16(2)34-25/h4-8,11,15H,9-10,13-14H2,1-3H3,(H,32,33,34)/t15-,27?/m1/s1. The average molecular weight is 507 g/mol. The lowest BCUT2D eigenvalue weighted by Crippen LogP contribution is -2.53. The highest BCUT2D eigenvalue weighted by Gasteiger charge is 2.53. The van der Waals surface area contributed by atoms with Gasteiger partial charge < -0.3 is 15.1 Å². The van der Waals surface area contributed by atoms with E-state index in [0.717, 1.165) is 12.1 Å². The van der Waals surface area contributed by atoms with Crippen molar-refractivity contribution in [3.8, 4) is 6.07 Å². The van der Waals surface area contributed by atoms with Gasteiger partial charge in [0.05, 0.1) is 29.5 Å². The molecule has 2 aliphatic rings. The molecule has 1 N–H and O–H groups in total. The molecule has 5 rings (SSSR count). The first-order chi connectivity index (χ1) is 17.6. The molecular formula is C27H25F3N6O. The van der Waals surface area contributed by atoms with Crippen molar-refractivity contribution in [2.75, 3.05) is 30.4 Å². The van der Waals surface area contributed by atoms with Gasteiger partial charge in [0.2, 0.25) is 5.91 Å². The fraction of sp³-hybridized carbons (Fsp3) is 0.333. The van der Waals surface area contributed by atoms with E-state index in [1.54, 1.807) is 26.0 Å². The Bertz CT molecular complexity index is 1450. The number of carbonyl (C=O) groups excluding carboxylic acids is 1. The van der Waals surface area contributed by atoms with Crippen molar-refractivity contribution in [2.24, 2.45) is 0 Å². The number of likely N-dealkylation sites (N-methyl/N-ethyl adjacent to an activating group) is 1. The Hall–Kier alpha value is -3.97. The molecule has 1 aromatic heterocycles. The van der Waals surface area contributed by atoms with E-state index in [4.69, 9.17) is 0 Å². The summed E-state index contributed by atoms with van der Waals surface area (Å²) in [6.07, 6.45) is 0.471. The second-order valence-electron chi connectivity index (χ2n) is 9.69. The Morgan fingerprint density at radius 3 is 2.65 bits per heavy atom. The molecule has 3 aromatic rings. The highest BCUT2D eigenvalue weighted by Crippen LogP contribution is 2.44. The van der Waals surface area contributed by atoms with Crippen LogP contribution in [0.2, 0.25) is 0 Å². The summed E-state index contributed by atoms with van der Waals surface area (Å²) in [7, 11) is 1.90. The molecule has 1 unspecified atom stereocenters. The number of hydrogen-bond acceptors (Lipinski definition) is 6. The fourth-order valence-corrected chi connectivity index (χ4v) is 5.37. The summed E-state index contributed by atoms with van der Waals surface area (Å²) in [6.45, 7) is 4.43. The number of carbonyl (C=O) groups is 1. The molecule has 1 amide bonds. The summed E-state index contributed by atoms with van der Waals surface area (Å²) in [5.74, 6) is -1.68. The van der Waals surface area contributed by atoms with E-state index >= 15 is 0 Å². The van der Waals surface area contributed by atoms with Crippen LogP contribution in [0.3, 0.4) is 0 Å². The van der Waals surface area contributed by atoms with Crippen LogP contribution in [0.5, 0.6) is 0 Å². The van der Waals surface area contributed by atoms with Crippen molar-refractivity contribution in [1.82, 2.24) is 14.9 Å². The quantitative estimate of drug-likeness (QED) is 0.566. The van der Waals surface area contributed by atoms with E-state index in [1.807, 2.05) is 18.0 Å². The summed E-state index contributed by atoms with van der Waals surface area (Å²) in [4.78, 5) is 26.6. The lowest BCUT2D eigenvalue weighted by molar-refractivity contribution is -0.124. The highest BCUT2D eigenvalue weighted by atomic mass is 19.1. The molecule has 1 saturated heterocycles. The van der Waals surface area contributed by atoms with Crippen LogP contribution < -0.4 is 10.2 Å². The number of anilines is 2. The Morgan fingerprint density at radius 2 is 1.97 bits per heavy atom. The zero-order chi connectivity index (χ0) is 26.5. The number of aryl methyl sites for hydroxylation is 1. The van der Waals surface area contributed by atoms with Crippen LogP contribution in [0, 0.1) is 35.7 Å². The van der Waals surface area contributed by atoms with Crippen LogP contribution in [0.25, 0.3) is 0 Å². The smallest absolute Gasteiger partial charge is 0.241 e. The van der Waals surface area contributed by atoms with Crippen molar-refractivity contribution >= 4 is 17.4 Å². The van der Waals surface area contributed by atoms with Gasteiger partial charge in [0.25, 0.3) is 0 Å². The molecule has 2 aromatic carbocycles. The van der Waals surface area contributed by atoms with Gasteiger partial charge in [-0.2, -0.15) is 5.26 Å². The van der Waals surface area contributed by atoms with Crippen molar-refractivity contribution < 1.29 is 18.0 Å². The summed E-state index contributed by atoms with van der Waals surface area (Å²) >= 11 is 0. The second-order valence-corrected chi connectivity index (χ2v) is 9.69. The number of halogens is 3. The number of rotatable bonds is 4. The van der Waals surface area contributed by atoms with Gasteiger partial charge in [-0.25, -0.2) is 23.1 Å². The van der Waals surface area contributed by atoms with Gasteiger partial charge in [0.1, 0.15) is 40.6 Å². The lowest BCUT2D eigenvalue weighted by Gasteiger charge is -2.41. The van der Waals surface area contributed by atoms with Gasteiger partial charge in [-0.05, 0) is 52.1 Å². The van der Waals surface area contributed by atoms with E-state index in [2.05, 4.69) is 15.3 Å². The minimum absolute atomic E-state index is 0.0293. The zero-order valence-electron chi connectivity index (χ0n) is 20.6. The molecule has 2 atom stereocenters. The number of benzene rings is 2. The third-order valence-corrected chi connectivity index (χ3v) is 7.17. The first kappa shape index (κ1) is 24.7. The van der Waals surface area contributed by atoms with Crippen molar-refractivity contribution in [3.63, 3.8) is 0 Å². The maximum absolute atomic E-state index is 14.9. The molecule has 2 aliphatic heterocycles. The topological polar surface area (TPSA) is 85.1 Å². The number of likely N-dealkylation sites (tertiary alicyclic amines) is 1. The van der Waals surface area contributed by atoms with Gasteiger partial charge >= 0.3 is 0 Å². The van der Waals surface area contributed by atoms with Crippen LogP contribution in [0.15, 0.2) is 36.4 Å². The van der Waals surface area contributed by atoms with E-state index in [-0.39, 0.29) is 29.3 Å². The molecule has 1 fully saturated rings. The highest BCUT2D eigenvalue weighted by molar-refractivity contribution is 6.03. The number of amides is 1. The number of hydrogen-bond donors (Lipinski definition) is 1. The van der Waals surface area contributed by atoms with Crippen LogP contribution >= 0.6 is 0 Å². The van der Waals surface area contributed by atoms with Gasteiger partial charge in [-0.1, -0.05) is 12.1 Å². The number of aromatic nitrogens is 2. The number of nitriles is 1. The Labute approximate surface area is 212 Å². The minimum Gasteiger partial charge on any atom is -0.363 e. The largest absolute Gasteiger partial charge is 0.363 e. The van der Waals surface area contributed by atoms with Crippen LogP contribution in [0.1, 0.15) is 47.6 Å². The number of nitrogens with zero attached hydrogens (tertiary/aromatic N) is 5. The van der Waals surface area contributed by atoms with E-state index < -0.39 is 28.9 Å². The zero-order valence-corrected chi connectivity index (χ0v) is 20.6. The summed E-state index contributed by atoms with van der Waals surface area (Å²) in [6, 6.07) is 9.00. The second kappa shape index (κ2) is 9.16. The molecule has 37 heavy (non-hydrogen) atoms. The molecule has 0 saturated carbocycles. The molecule has 10 heteroatoms. The average Bonchev–Trinajstić information content (AvgIpc) is 3.25. The van der Waals surface area contributed by atoms with Crippen molar-refractivity contribution in [3.05, 3.63) is 82.1 Å². The van der Waals surface area contributed by atoms with E-state index in [1.165, 1.54) is 17.0 Å². The minimum atomic E-state index is -1.04. The maximum atomic E-state index is 14.9. The molecule has 7 nitrogen and oxygen atoms in total. The van der Waals surface area contributed by atoms with Gasteiger partial charge in [-0.3, -0.25) is 4.79 Å². The summed E-state index contributed by atoms with van der Waals surface area (Å²) in [5.41, 5.74) is 0.305. The molecule has 3 heterocycles. The Morgan fingerprint density at radius 1 is 1.19 bits per heavy atom. The molecule has 0 radical (unpaired) electrons. The van der Waals surface area contributed by atoms with Gasteiger partial charge in [-0.15, -0.1) is 0 Å². The Balaban J connectivity index is 1.64. The molecule has 1 spiro atoms. The van der Waals surface area contributed by atoms with E-state index in [9.17, 15) is 23.2 Å². The summed E-state index contributed by atoms with van der Waals surface area (Å²) in [5, 5.41) is 12.5. The molecule has 0 bridgehead atoms. The first-order valence-corrected chi connectivity index (χ1v) is 11.9. The van der Waals surface area contributed by atoms with Gasteiger partial charge in [0, 0.05) is 23.7 Å². The normalized spacial score (nSPS) is 20.1. The maximum Gasteiger partial charge on any atom is 0.241 e. The van der Waals surface area contributed by atoms with Crippen LogP contribution in [-0.2, 0) is 16.8 Å². The fourth-order valence-electron chi connectivity index (χ4n) is 5.37. The Kier molecular flexibility index (Phi) is 6.12. The lowest BCUT2D eigenvalue weighted by atomic mass is 9.76. The molecular weight excluding hydrogens is 481 g/mol. The first-order valence-electron chi connectivity index (χ1n) is 11.9. The van der Waals surface area contributed by atoms with E-state index in [0.29, 0.717) is 42.4 Å². The van der Waals surface area contributed by atoms with Crippen molar-refractivity contribution in [1.29, 1.82) is 5.26 Å². The van der Waals surface area contributed by atoms with Crippen LogP contribution in [-0.4, -0.2) is 40.9 Å². The summed E-state index contributed by atoms with van der Waals surface area (Å²) < 4.78 is 43.5. The third-order valence-electron chi connectivity index (χ3n) is 7.17. The number of fused-ring (bicyclic) bond motifs is 2. The monoisotopic (exact) mass is 506 g/mol. The van der Waals surface area contributed by atoms with Crippen LogP contribution in [0.4, 0.5) is 24.7 Å².